The molecule has 0 saturated carbocycles. The van der Waals surface area contributed by atoms with Gasteiger partial charge in [0.25, 0.3) is 0 Å². The summed E-state index contributed by atoms with van der Waals surface area (Å²) in [5.41, 5.74) is 0.958. The molecule has 3 amide bonds. The highest BCUT2D eigenvalue weighted by Gasteiger charge is 2.31. The van der Waals surface area contributed by atoms with Crippen molar-refractivity contribution in [1.82, 2.24) is 14.7 Å². The van der Waals surface area contributed by atoms with E-state index in [2.05, 4.69) is 11.9 Å². The van der Waals surface area contributed by atoms with E-state index in [9.17, 15) is 14.4 Å². The van der Waals surface area contributed by atoms with Crippen LogP contribution in [-0.4, -0.2) is 91.0 Å². The Morgan fingerprint density at radius 2 is 1.55 bits per heavy atom. The van der Waals surface area contributed by atoms with E-state index in [-0.39, 0.29) is 36.5 Å². The number of thioether (sulfide) groups is 1. The largest absolute Gasteiger partial charge is 0.343 e. The number of likely N-dealkylation sites (N-methyl/N-ethyl adjacent to an activating group) is 1. The lowest BCUT2D eigenvalue weighted by molar-refractivity contribution is -0.142. The van der Waals surface area contributed by atoms with Crippen LogP contribution in [0.25, 0.3) is 0 Å². The fraction of sp³-hybridized carbons (Fsp3) is 0.609. The molecule has 3 heterocycles. The van der Waals surface area contributed by atoms with Crippen LogP contribution < -0.4 is 4.90 Å². The predicted molar refractivity (Wildman–Crippen MR) is 122 cm³/mol. The van der Waals surface area contributed by atoms with E-state index >= 15 is 0 Å². The number of carbonyl (C=O) groups excluding carboxylic acids is 3. The van der Waals surface area contributed by atoms with Crippen molar-refractivity contribution >= 4 is 35.2 Å². The van der Waals surface area contributed by atoms with Crippen LogP contribution >= 0.6 is 11.8 Å². The van der Waals surface area contributed by atoms with Gasteiger partial charge in [-0.3, -0.25) is 14.4 Å². The first-order chi connectivity index (χ1) is 15.0. The Labute approximate surface area is 188 Å². The molecule has 2 saturated heterocycles. The van der Waals surface area contributed by atoms with E-state index in [1.165, 1.54) is 0 Å². The second kappa shape index (κ2) is 10.0. The van der Waals surface area contributed by atoms with E-state index in [0.717, 1.165) is 55.4 Å². The zero-order chi connectivity index (χ0) is 21.8. The summed E-state index contributed by atoms with van der Waals surface area (Å²) in [6, 6.07) is 7.95. The number of likely N-dealkylation sites (tertiary alicyclic amines) is 1. The molecule has 1 aromatic rings. The zero-order valence-electron chi connectivity index (χ0n) is 18.3. The van der Waals surface area contributed by atoms with Gasteiger partial charge in [0.15, 0.2) is 0 Å². The molecule has 4 rings (SSSR count). The van der Waals surface area contributed by atoms with Gasteiger partial charge in [-0.2, -0.15) is 0 Å². The molecule has 8 heteroatoms. The Hall–Kier alpha value is -2.06. The van der Waals surface area contributed by atoms with Crippen LogP contribution in [0.15, 0.2) is 29.2 Å². The minimum atomic E-state index is 0.0150. The van der Waals surface area contributed by atoms with Crippen molar-refractivity contribution < 1.29 is 14.4 Å². The van der Waals surface area contributed by atoms with Gasteiger partial charge in [0.2, 0.25) is 17.7 Å². The molecule has 3 aliphatic rings. The molecule has 0 atom stereocenters. The average molecular weight is 445 g/mol. The summed E-state index contributed by atoms with van der Waals surface area (Å²) >= 11 is 1.77. The van der Waals surface area contributed by atoms with Gasteiger partial charge in [0, 0.05) is 75.2 Å². The molecule has 2 fully saturated rings. The van der Waals surface area contributed by atoms with Gasteiger partial charge in [-0.05, 0) is 32.0 Å². The number of anilines is 1. The Balaban J connectivity index is 1.23. The molecule has 0 spiro atoms. The molecule has 0 unspecified atom stereocenters. The number of piperidine rings is 1. The summed E-state index contributed by atoms with van der Waals surface area (Å²) in [5, 5.41) is 0. The lowest BCUT2D eigenvalue weighted by Gasteiger charge is -2.37. The van der Waals surface area contributed by atoms with E-state index in [4.69, 9.17) is 0 Å². The third-order valence-corrected chi connectivity index (χ3v) is 7.64. The maximum absolute atomic E-state index is 12.8. The van der Waals surface area contributed by atoms with Gasteiger partial charge in [-0.15, -0.1) is 11.8 Å². The lowest BCUT2D eigenvalue weighted by atomic mass is 9.94. The Morgan fingerprint density at radius 1 is 0.871 bits per heavy atom. The molecule has 168 valence electrons. The molecule has 0 N–H and O–H groups in total. The van der Waals surface area contributed by atoms with Crippen molar-refractivity contribution in [3.63, 3.8) is 0 Å². The van der Waals surface area contributed by atoms with Crippen LogP contribution in [-0.2, 0) is 14.4 Å². The van der Waals surface area contributed by atoms with Crippen molar-refractivity contribution in [1.29, 1.82) is 0 Å². The summed E-state index contributed by atoms with van der Waals surface area (Å²) < 4.78 is 0. The first-order valence-electron chi connectivity index (χ1n) is 11.3. The predicted octanol–water partition coefficient (Wildman–Crippen LogP) is 1.92. The Morgan fingerprint density at radius 3 is 2.29 bits per heavy atom. The molecule has 0 radical (unpaired) electrons. The number of hydrogen-bond donors (Lipinski definition) is 0. The summed E-state index contributed by atoms with van der Waals surface area (Å²) in [6.45, 7) is 5.37. The number of carbonyl (C=O) groups is 3. The van der Waals surface area contributed by atoms with Gasteiger partial charge in [0.1, 0.15) is 0 Å². The van der Waals surface area contributed by atoms with Crippen LogP contribution in [0.1, 0.15) is 25.7 Å². The topological polar surface area (TPSA) is 64.2 Å². The van der Waals surface area contributed by atoms with Crippen LogP contribution in [0, 0.1) is 5.92 Å². The molecule has 0 bridgehead atoms. The van der Waals surface area contributed by atoms with E-state index in [1.54, 1.807) is 11.8 Å². The molecule has 0 aliphatic carbocycles. The summed E-state index contributed by atoms with van der Waals surface area (Å²) in [7, 11) is 2.08. The van der Waals surface area contributed by atoms with Gasteiger partial charge in [-0.1, -0.05) is 12.1 Å². The Kier molecular flexibility index (Phi) is 7.17. The zero-order valence-corrected chi connectivity index (χ0v) is 19.1. The molecular formula is C23H32N4O3S. The number of rotatable bonds is 4. The van der Waals surface area contributed by atoms with E-state index < -0.39 is 0 Å². The van der Waals surface area contributed by atoms with Crippen molar-refractivity contribution in [3.05, 3.63) is 24.3 Å². The normalized spacial score (nSPS) is 20.5. The fourth-order valence-electron chi connectivity index (χ4n) is 4.60. The van der Waals surface area contributed by atoms with Crippen LogP contribution in [0.3, 0.4) is 0 Å². The molecule has 3 aliphatic heterocycles. The lowest BCUT2D eigenvalue weighted by Crippen LogP contribution is -2.51. The fourth-order valence-corrected chi connectivity index (χ4v) is 5.59. The number of hydrogen-bond acceptors (Lipinski definition) is 5. The molecule has 7 nitrogen and oxygen atoms in total. The monoisotopic (exact) mass is 444 g/mol. The Bertz CT molecular complexity index is 817. The second-order valence-electron chi connectivity index (χ2n) is 8.65. The number of piperazine rings is 1. The van der Waals surface area contributed by atoms with Gasteiger partial charge < -0.3 is 19.6 Å². The standard InChI is InChI=1S/C23H32N4O3S/c1-24-12-14-26(15-13-24)23(30)18-8-10-25(11-9-18)21(28)6-7-22(29)27-16-17-31-20-5-3-2-4-19(20)27/h2-5,18H,6-17H2,1H3. The number of fused-ring (bicyclic) bond motifs is 1. The molecular weight excluding hydrogens is 412 g/mol. The molecule has 1 aromatic carbocycles. The first-order valence-corrected chi connectivity index (χ1v) is 12.3. The summed E-state index contributed by atoms with van der Waals surface area (Å²) in [4.78, 5) is 47.3. The van der Waals surface area contributed by atoms with Crippen LogP contribution in [0.5, 0.6) is 0 Å². The number of amides is 3. The van der Waals surface area contributed by atoms with Crippen molar-refractivity contribution in [2.75, 3.05) is 63.5 Å². The molecule has 31 heavy (non-hydrogen) atoms. The number of benzene rings is 1. The first kappa shape index (κ1) is 22.1. The number of nitrogens with zero attached hydrogens (tertiary/aromatic N) is 4. The van der Waals surface area contributed by atoms with Crippen molar-refractivity contribution in [2.24, 2.45) is 5.92 Å². The van der Waals surface area contributed by atoms with Gasteiger partial charge >= 0.3 is 0 Å². The summed E-state index contributed by atoms with van der Waals surface area (Å²) in [6.07, 6.45) is 1.92. The smallest absolute Gasteiger partial charge is 0.227 e. The van der Waals surface area contributed by atoms with Gasteiger partial charge in [0.05, 0.1) is 5.69 Å². The van der Waals surface area contributed by atoms with Crippen molar-refractivity contribution in [2.45, 2.75) is 30.6 Å². The van der Waals surface area contributed by atoms with Crippen molar-refractivity contribution in [3.8, 4) is 0 Å². The maximum Gasteiger partial charge on any atom is 0.227 e. The SMILES string of the molecule is CN1CCN(C(=O)C2CCN(C(=O)CCC(=O)N3CCSc4ccccc43)CC2)CC1. The quantitative estimate of drug-likeness (QED) is 0.710. The van der Waals surface area contributed by atoms with Gasteiger partial charge in [-0.25, -0.2) is 0 Å². The number of para-hydroxylation sites is 1. The van der Waals surface area contributed by atoms with E-state index in [0.29, 0.717) is 19.6 Å². The second-order valence-corrected chi connectivity index (χ2v) is 9.78. The van der Waals surface area contributed by atoms with Crippen LogP contribution in [0.4, 0.5) is 5.69 Å². The van der Waals surface area contributed by atoms with Crippen LogP contribution in [0.2, 0.25) is 0 Å². The highest BCUT2D eigenvalue weighted by molar-refractivity contribution is 7.99. The minimum Gasteiger partial charge on any atom is -0.343 e. The maximum atomic E-state index is 12.8. The van der Waals surface area contributed by atoms with E-state index in [1.807, 2.05) is 39.0 Å². The third kappa shape index (κ3) is 5.23. The highest BCUT2D eigenvalue weighted by Crippen LogP contribution is 2.34. The third-order valence-electron chi connectivity index (χ3n) is 6.59. The highest BCUT2D eigenvalue weighted by atomic mass is 32.2. The summed E-state index contributed by atoms with van der Waals surface area (Å²) in [5.74, 6) is 1.19. The average Bonchev–Trinajstić information content (AvgIpc) is 2.82. The molecule has 0 aromatic heterocycles. The minimum absolute atomic E-state index is 0.0150.